The molecule has 0 saturated carbocycles. The summed E-state index contributed by atoms with van der Waals surface area (Å²) in [5.41, 5.74) is -19.9. The molecule has 0 aromatic carbocycles. The summed E-state index contributed by atoms with van der Waals surface area (Å²) in [6.45, 7) is 0. The molecular formula is C3F9LiN2O5S3. The van der Waals surface area contributed by atoms with Gasteiger partial charge in [-0.3, -0.25) is 4.21 Å². The van der Waals surface area contributed by atoms with E-state index < -0.39 is 46.5 Å². The summed E-state index contributed by atoms with van der Waals surface area (Å²) < 4.78 is 161. The number of sulfonamides is 2. The number of alkyl halides is 9. The molecule has 23 heavy (non-hydrogen) atoms. The fraction of sp³-hybridized carbons (Fsp3) is 1.00. The van der Waals surface area contributed by atoms with Gasteiger partial charge in [-0.15, -0.1) is 3.77 Å². The molecule has 7 nitrogen and oxygen atoms in total. The standard InChI is InChI=1S/C3F9N2O5S3.Li/c4-1(5,6)20(15,13-21(16,17)2(7,8)9)14-22(18,19)3(10,11)12;/q-1;+1. The fourth-order valence-corrected chi connectivity index (χ4v) is 4.28. The number of nitrogens with zero attached hydrogens (tertiary/aromatic N) is 2. The maximum atomic E-state index is 12.2. The van der Waals surface area contributed by atoms with E-state index in [9.17, 15) is 60.6 Å². The van der Waals surface area contributed by atoms with Gasteiger partial charge < -0.3 is 4.13 Å². The average molecular weight is 418 g/mol. The second-order valence-corrected chi connectivity index (χ2v) is 8.41. The van der Waals surface area contributed by atoms with Gasteiger partial charge in [0.25, 0.3) is 0 Å². The molecule has 1 atom stereocenters. The number of rotatable bonds is 3. The van der Waals surface area contributed by atoms with Crippen molar-refractivity contribution in [3.8, 4) is 0 Å². The van der Waals surface area contributed by atoms with Crippen molar-refractivity contribution >= 4 is 30.0 Å². The van der Waals surface area contributed by atoms with Gasteiger partial charge in [-0.25, -0.2) is 8.42 Å². The van der Waals surface area contributed by atoms with Gasteiger partial charge in [0.05, 0.1) is 9.92 Å². The van der Waals surface area contributed by atoms with E-state index in [4.69, 9.17) is 0 Å². The molecule has 1 unspecified atom stereocenters. The third-order valence-corrected chi connectivity index (χ3v) is 6.24. The Morgan fingerprint density at radius 2 is 1.00 bits per heavy atom. The van der Waals surface area contributed by atoms with Crippen LogP contribution in [-0.2, 0) is 30.0 Å². The molecule has 0 aliphatic carbocycles. The van der Waals surface area contributed by atoms with E-state index in [1.807, 2.05) is 0 Å². The largest absolute Gasteiger partial charge is 1.00 e. The van der Waals surface area contributed by atoms with Crippen molar-refractivity contribution in [2.75, 3.05) is 0 Å². The molecule has 0 radical (unpaired) electrons. The molecule has 0 aromatic rings. The van der Waals surface area contributed by atoms with Gasteiger partial charge in [0.1, 0.15) is 0 Å². The van der Waals surface area contributed by atoms with Crippen LogP contribution >= 0.6 is 0 Å². The molecule has 0 amide bonds. The van der Waals surface area contributed by atoms with Gasteiger partial charge >= 0.3 is 45.4 Å². The summed E-state index contributed by atoms with van der Waals surface area (Å²) in [6, 6.07) is 0. The summed E-state index contributed by atoms with van der Waals surface area (Å²) in [7, 11) is -21.9. The van der Waals surface area contributed by atoms with Crippen LogP contribution in [0.25, 0.3) is 4.13 Å². The Morgan fingerprint density at radius 1 is 0.652 bits per heavy atom. The summed E-state index contributed by atoms with van der Waals surface area (Å²) in [6.07, 6.45) is 0. The molecule has 0 spiro atoms. The maximum Gasteiger partial charge on any atom is 1.00 e. The van der Waals surface area contributed by atoms with Crippen LogP contribution in [0.5, 0.6) is 0 Å². The van der Waals surface area contributed by atoms with Crippen molar-refractivity contribution in [2.24, 2.45) is 3.77 Å². The molecule has 0 aromatic heterocycles. The van der Waals surface area contributed by atoms with Crippen LogP contribution in [0.2, 0.25) is 0 Å². The zero-order valence-electron chi connectivity index (χ0n) is 10.1. The van der Waals surface area contributed by atoms with Crippen molar-refractivity contribution in [1.82, 2.24) is 0 Å². The van der Waals surface area contributed by atoms with Gasteiger partial charge in [-0.05, 0) is 0 Å². The van der Waals surface area contributed by atoms with Crippen molar-refractivity contribution in [3.05, 3.63) is 4.13 Å². The Morgan fingerprint density at radius 3 is 1.22 bits per heavy atom. The predicted molar refractivity (Wildman–Crippen MR) is 49.9 cm³/mol. The molecule has 0 aliphatic rings. The van der Waals surface area contributed by atoms with E-state index in [0.717, 1.165) is 0 Å². The first-order chi connectivity index (χ1) is 9.16. The van der Waals surface area contributed by atoms with Crippen LogP contribution in [-0.4, -0.2) is 37.6 Å². The third kappa shape index (κ3) is 5.66. The summed E-state index contributed by atoms with van der Waals surface area (Å²) in [5.74, 6) is 0. The first kappa shape index (κ1) is 25.0. The van der Waals surface area contributed by atoms with E-state index in [2.05, 4.69) is 0 Å². The smallest absolute Gasteiger partial charge is 0.438 e. The third-order valence-electron chi connectivity index (χ3n) is 1.28. The Bertz CT molecular complexity index is 752. The van der Waals surface area contributed by atoms with Gasteiger partial charge in [-0.2, -0.15) is 47.9 Å². The minimum Gasteiger partial charge on any atom is -0.438 e. The van der Waals surface area contributed by atoms with E-state index >= 15 is 0 Å². The van der Waals surface area contributed by atoms with Crippen LogP contribution in [0.15, 0.2) is 3.77 Å². The molecular weight excluding hydrogens is 418 g/mol. The zero-order chi connectivity index (χ0) is 18.4. The Hall–Kier alpha value is -0.223. The minimum absolute atomic E-state index is 0. The second-order valence-electron chi connectivity index (χ2n) is 2.93. The SMILES string of the molecule is O=S(=O)(N=S(=O)([N-]S(=O)(=O)C(F)(F)F)C(F)(F)F)C(F)(F)F.[Li+]. The van der Waals surface area contributed by atoms with E-state index in [1.165, 1.54) is 0 Å². The van der Waals surface area contributed by atoms with Gasteiger partial charge in [0.15, 0.2) is 10.0 Å². The van der Waals surface area contributed by atoms with Gasteiger partial charge in [-0.1, -0.05) is 0 Å². The van der Waals surface area contributed by atoms with Crippen LogP contribution in [0.1, 0.15) is 0 Å². The van der Waals surface area contributed by atoms with E-state index in [-0.39, 0.29) is 18.9 Å². The van der Waals surface area contributed by atoms with Crippen molar-refractivity contribution < 1.29 is 79.4 Å². The van der Waals surface area contributed by atoms with E-state index in [0.29, 0.717) is 7.90 Å². The number of halogens is 9. The first-order valence-corrected chi connectivity index (χ1v) is 8.23. The van der Waals surface area contributed by atoms with Crippen molar-refractivity contribution in [1.29, 1.82) is 0 Å². The molecule has 20 heteroatoms. The fourth-order valence-electron chi connectivity index (χ4n) is 0.449. The second kappa shape index (κ2) is 6.59. The molecule has 0 fully saturated rings. The number of hydrogen-bond acceptors (Lipinski definition) is 5. The molecule has 134 valence electrons. The normalized spacial score (nSPS) is 17.1. The monoisotopic (exact) mass is 418 g/mol. The molecule has 0 saturated heterocycles. The van der Waals surface area contributed by atoms with E-state index in [1.54, 1.807) is 0 Å². The average Bonchev–Trinajstić information content (AvgIpc) is 2.08. The summed E-state index contributed by atoms with van der Waals surface area (Å²) >= 11 is 0. The van der Waals surface area contributed by atoms with Crippen molar-refractivity contribution in [3.63, 3.8) is 0 Å². The first-order valence-electron chi connectivity index (χ1n) is 3.88. The molecule has 0 N–H and O–H groups in total. The quantitative estimate of drug-likeness (QED) is 0.430. The number of hydrogen-bond donors (Lipinski definition) is 0. The van der Waals surface area contributed by atoms with Crippen LogP contribution < -0.4 is 18.9 Å². The predicted octanol–water partition coefficient (Wildman–Crippen LogP) is -1.03. The zero-order valence-corrected chi connectivity index (χ0v) is 12.5. The van der Waals surface area contributed by atoms with Gasteiger partial charge in [0, 0.05) is 0 Å². The minimum atomic E-state index is -7.35. The summed E-state index contributed by atoms with van der Waals surface area (Å²) in [4.78, 5) is 0. The van der Waals surface area contributed by atoms with Crippen LogP contribution in [0.4, 0.5) is 39.5 Å². The topological polar surface area (TPSA) is 112 Å². The Balaban J connectivity index is 0. The summed E-state index contributed by atoms with van der Waals surface area (Å²) in [5, 5.41) is 0. The van der Waals surface area contributed by atoms with Crippen LogP contribution in [0, 0.1) is 0 Å². The molecule has 0 rings (SSSR count). The maximum absolute atomic E-state index is 12.2. The molecule has 0 bridgehead atoms. The Kier molecular flexibility index (Phi) is 7.17. The van der Waals surface area contributed by atoms with Crippen LogP contribution in [0.3, 0.4) is 0 Å². The van der Waals surface area contributed by atoms with Gasteiger partial charge in [0.2, 0.25) is 0 Å². The molecule has 0 heterocycles. The Labute approximate surface area is 134 Å². The molecule has 0 aliphatic heterocycles. The van der Waals surface area contributed by atoms with Crippen molar-refractivity contribution in [2.45, 2.75) is 16.5 Å².